The summed E-state index contributed by atoms with van der Waals surface area (Å²) >= 11 is 0. The van der Waals surface area contributed by atoms with Gasteiger partial charge in [-0.25, -0.2) is 4.98 Å². The molecule has 0 unspecified atom stereocenters. The molecule has 0 aliphatic carbocycles. The number of ketones is 1. The van der Waals surface area contributed by atoms with Crippen LogP contribution in [-0.4, -0.2) is 25.0 Å². The van der Waals surface area contributed by atoms with Gasteiger partial charge in [0.15, 0.2) is 5.78 Å². The highest BCUT2D eigenvalue weighted by Crippen LogP contribution is 2.30. The Morgan fingerprint density at radius 1 is 1.00 bits per heavy atom. The smallest absolute Gasteiger partial charge is 0.180 e. The molecular formula is C16H17NO4. The van der Waals surface area contributed by atoms with Crippen LogP contribution in [-0.2, 0) is 0 Å². The first kappa shape index (κ1) is 14.8. The molecule has 2 aromatic rings. The zero-order valence-electron chi connectivity index (χ0n) is 12.3. The fraction of sp³-hybridized carbons (Fsp3) is 0.250. The third kappa shape index (κ3) is 3.72. The van der Waals surface area contributed by atoms with E-state index in [4.69, 9.17) is 14.2 Å². The van der Waals surface area contributed by atoms with E-state index in [0.717, 1.165) is 0 Å². The highest BCUT2D eigenvalue weighted by Gasteiger charge is 2.07. The molecule has 0 radical (unpaired) electrons. The first-order valence-corrected chi connectivity index (χ1v) is 6.56. The van der Waals surface area contributed by atoms with Crippen molar-refractivity contribution < 1.29 is 19.0 Å². The van der Waals surface area contributed by atoms with Crippen molar-refractivity contribution in [2.45, 2.75) is 13.3 Å². The lowest BCUT2D eigenvalue weighted by atomic mass is 10.2. The van der Waals surface area contributed by atoms with Crippen LogP contribution >= 0.6 is 0 Å². The highest BCUT2D eigenvalue weighted by atomic mass is 16.5. The quantitative estimate of drug-likeness (QED) is 0.761. The lowest BCUT2D eigenvalue weighted by Crippen LogP contribution is -1.99. The van der Waals surface area contributed by atoms with Gasteiger partial charge < -0.3 is 14.2 Å². The Labute approximate surface area is 123 Å². The minimum Gasteiger partial charge on any atom is -0.496 e. The van der Waals surface area contributed by atoms with Crippen molar-refractivity contribution in [3.05, 3.63) is 42.2 Å². The number of Topliss-reactive ketones (excluding diaryl/α,β-unsaturated/α-hetero) is 1. The molecule has 0 aliphatic heterocycles. The van der Waals surface area contributed by atoms with Crippen molar-refractivity contribution in [2.24, 2.45) is 0 Å². The van der Waals surface area contributed by atoms with Crippen molar-refractivity contribution in [1.29, 1.82) is 0 Å². The number of ether oxygens (including phenoxy) is 3. The summed E-state index contributed by atoms with van der Waals surface area (Å²) in [6.07, 6.45) is 1.95. The lowest BCUT2D eigenvalue weighted by Gasteiger charge is -2.10. The number of rotatable bonds is 6. The van der Waals surface area contributed by atoms with E-state index in [9.17, 15) is 4.79 Å². The molecule has 1 aromatic heterocycles. The Morgan fingerprint density at radius 3 is 2.10 bits per heavy atom. The van der Waals surface area contributed by atoms with E-state index < -0.39 is 0 Å². The van der Waals surface area contributed by atoms with Crippen LogP contribution in [0.4, 0.5) is 0 Å². The van der Waals surface area contributed by atoms with Crippen molar-refractivity contribution in [1.82, 2.24) is 4.98 Å². The van der Waals surface area contributed by atoms with Crippen molar-refractivity contribution in [2.75, 3.05) is 14.2 Å². The van der Waals surface area contributed by atoms with Gasteiger partial charge >= 0.3 is 0 Å². The van der Waals surface area contributed by atoms with Gasteiger partial charge in [0.05, 0.1) is 20.4 Å². The van der Waals surface area contributed by atoms with Crippen LogP contribution < -0.4 is 14.2 Å². The second-order valence-corrected chi connectivity index (χ2v) is 4.31. The summed E-state index contributed by atoms with van der Waals surface area (Å²) in [7, 11) is 3.15. The minimum absolute atomic E-state index is 0.00426. The molecule has 110 valence electrons. The fourth-order valence-electron chi connectivity index (χ4n) is 1.76. The van der Waals surface area contributed by atoms with E-state index in [1.807, 2.05) is 0 Å². The topological polar surface area (TPSA) is 57.7 Å². The maximum atomic E-state index is 11.5. The van der Waals surface area contributed by atoms with Gasteiger partial charge in [-0.1, -0.05) is 6.92 Å². The van der Waals surface area contributed by atoms with Gasteiger partial charge in [-0.3, -0.25) is 4.79 Å². The van der Waals surface area contributed by atoms with Gasteiger partial charge in [-0.05, 0) is 12.1 Å². The molecule has 21 heavy (non-hydrogen) atoms. The molecule has 0 atom stereocenters. The molecule has 0 amide bonds. The normalized spacial score (nSPS) is 10.0. The number of benzene rings is 1. The Kier molecular flexibility index (Phi) is 4.77. The monoisotopic (exact) mass is 287 g/mol. The van der Waals surface area contributed by atoms with Crippen LogP contribution in [0.1, 0.15) is 23.8 Å². The third-order valence-corrected chi connectivity index (χ3v) is 2.90. The predicted octanol–water partition coefficient (Wildman–Crippen LogP) is 3.48. The van der Waals surface area contributed by atoms with Crippen LogP contribution in [0.2, 0.25) is 0 Å². The molecule has 0 bridgehead atoms. The molecule has 1 aromatic carbocycles. The fourth-order valence-corrected chi connectivity index (χ4v) is 1.76. The van der Waals surface area contributed by atoms with E-state index in [1.54, 1.807) is 51.5 Å². The first-order chi connectivity index (χ1) is 10.2. The summed E-state index contributed by atoms with van der Waals surface area (Å²) in [5.41, 5.74) is 0.438. The van der Waals surface area contributed by atoms with Gasteiger partial charge in [0, 0.05) is 24.6 Å². The predicted molar refractivity (Wildman–Crippen MR) is 78.5 cm³/mol. The van der Waals surface area contributed by atoms with Crippen LogP contribution in [0.25, 0.3) is 0 Å². The molecule has 0 saturated carbocycles. The van der Waals surface area contributed by atoms with Gasteiger partial charge in [-0.2, -0.15) is 0 Å². The highest BCUT2D eigenvalue weighted by molar-refractivity contribution is 5.93. The summed E-state index contributed by atoms with van der Waals surface area (Å²) in [6.45, 7) is 1.80. The Balaban J connectivity index is 2.19. The standard InChI is InChI=1S/C16H17NO4/c1-4-16(18)15-6-5-11(10-17-15)21-14-8-12(19-2)7-13(9-14)20-3/h5-10H,4H2,1-3H3. The molecule has 0 aliphatic rings. The average Bonchev–Trinajstić information content (AvgIpc) is 2.54. The number of methoxy groups -OCH3 is 2. The summed E-state index contributed by atoms with van der Waals surface area (Å²) in [5.74, 6) is 2.38. The second kappa shape index (κ2) is 6.74. The molecule has 5 nitrogen and oxygen atoms in total. The first-order valence-electron chi connectivity index (χ1n) is 6.56. The van der Waals surface area contributed by atoms with Crippen molar-refractivity contribution >= 4 is 5.78 Å². The van der Waals surface area contributed by atoms with E-state index >= 15 is 0 Å². The van der Waals surface area contributed by atoms with Crippen molar-refractivity contribution in [3.8, 4) is 23.0 Å². The number of aromatic nitrogens is 1. The third-order valence-electron chi connectivity index (χ3n) is 2.90. The molecular weight excluding hydrogens is 270 g/mol. The van der Waals surface area contributed by atoms with Crippen LogP contribution in [0.5, 0.6) is 23.0 Å². The van der Waals surface area contributed by atoms with E-state index in [1.165, 1.54) is 6.20 Å². The van der Waals surface area contributed by atoms with Gasteiger partial charge in [0.2, 0.25) is 0 Å². The number of hydrogen-bond donors (Lipinski definition) is 0. The van der Waals surface area contributed by atoms with E-state index in [-0.39, 0.29) is 5.78 Å². The number of carbonyl (C=O) groups is 1. The Hall–Kier alpha value is -2.56. The molecule has 0 N–H and O–H groups in total. The molecule has 2 rings (SSSR count). The maximum Gasteiger partial charge on any atom is 0.180 e. The van der Waals surface area contributed by atoms with E-state index in [0.29, 0.717) is 35.1 Å². The number of nitrogens with zero attached hydrogens (tertiary/aromatic N) is 1. The summed E-state index contributed by atoms with van der Waals surface area (Å²) in [6, 6.07) is 8.61. The van der Waals surface area contributed by atoms with Crippen LogP contribution in [0.3, 0.4) is 0 Å². The molecule has 0 spiro atoms. The van der Waals surface area contributed by atoms with Crippen LogP contribution in [0.15, 0.2) is 36.5 Å². The molecule has 5 heteroatoms. The number of hydrogen-bond acceptors (Lipinski definition) is 5. The molecule has 0 fully saturated rings. The van der Waals surface area contributed by atoms with Crippen molar-refractivity contribution in [3.63, 3.8) is 0 Å². The zero-order chi connectivity index (χ0) is 15.2. The van der Waals surface area contributed by atoms with Gasteiger partial charge in [0.25, 0.3) is 0 Å². The maximum absolute atomic E-state index is 11.5. The minimum atomic E-state index is 0.00426. The zero-order valence-corrected chi connectivity index (χ0v) is 12.3. The van der Waals surface area contributed by atoms with Gasteiger partial charge in [-0.15, -0.1) is 0 Å². The summed E-state index contributed by atoms with van der Waals surface area (Å²) < 4.78 is 16.1. The molecule has 0 saturated heterocycles. The number of pyridine rings is 1. The SMILES string of the molecule is CCC(=O)c1ccc(Oc2cc(OC)cc(OC)c2)cn1. The largest absolute Gasteiger partial charge is 0.496 e. The Bertz CT molecular complexity index is 600. The summed E-state index contributed by atoms with van der Waals surface area (Å²) in [4.78, 5) is 15.6. The second-order valence-electron chi connectivity index (χ2n) is 4.31. The number of carbonyl (C=O) groups excluding carboxylic acids is 1. The van der Waals surface area contributed by atoms with Crippen LogP contribution in [0, 0.1) is 0 Å². The lowest BCUT2D eigenvalue weighted by molar-refractivity contribution is 0.0983. The Morgan fingerprint density at radius 2 is 1.62 bits per heavy atom. The summed E-state index contributed by atoms with van der Waals surface area (Å²) in [5, 5.41) is 0. The average molecular weight is 287 g/mol. The molecule has 1 heterocycles. The van der Waals surface area contributed by atoms with Gasteiger partial charge in [0.1, 0.15) is 28.7 Å². The van der Waals surface area contributed by atoms with E-state index in [2.05, 4.69) is 4.98 Å².